The molecule has 1 aliphatic carbocycles. The summed E-state index contributed by atoms with van der Waals surface area (Å²) in [5, 5.41) is 8.38. The molecule has 2 aromatic heterocycles. The Labute approximate surface area is 180 Å². The fourth-order valence-electron chi connectivity index (χ4n) is 3.66. The van der Waals surface area contributed by atoms with Crippen molar-refractivity contribution in [1.29, 1.82) is 0 Å². The van der Waals surface area contributed by atoms with Crippen LogP contribution in [-0.4, -0.2) is 29.4 Å². The van der Waals surface area contributed by atoms with Crippen molar-refractivity contribution in [2.24, 2.45) is 0 Å². The molecule has 1 saturated carbocycles. The first-order chi connectivity index (χ1) is 15.0. The fourth-order valence-corrected chi connectivity index (χ4v) is 4.57. The fraction of sp³-hybridized carbons (Fsp3) is 0.174. The maximum Gasteiger partial charge on any atom is 0.200 e. The lowest BCUT2D eigenvalue weighted by atomic mass is 10.1. The van der Waals surface area contributed by atoms with Crippen LogP contribution >= 0.6 is 0 Å². The van der Waals surface area contributed by atoms with E-state index in [0.29, 0.717) is 16.5 Å². The SMILES string of the molecule is CS(=O)(=O)c1ccccc1-c1cc[n+](Nc2cccc(-c3nncn3C3CC3)c2)cc1. The van der Waals surface area contributed by atoms with E-state index in [1.165, 1.54) is 19.1 Å². The van der Waals surface area contributed by atoms with Gasteiger partial charge in [-0.15, -0.1) is 10.2 Å². The van der Waals surface area contributed by atoms with Gasteiger partial charge in [-0.05, 0) is 36.6 Å². The largest absolute Gasteiger partial charge is 0.310 e. The second-order valence-corrected chi connectivity index (χ2v) is 9.73. The van der Waals surface area contributed by atoms with E-state index in [1.807, 2.05) is 65.6 Å². The Morgan fingerprint density at radius 1 is 1.00 bits per heavy atom. The zero-order valence-electron chi connectivity index (χ0n) is 17.0. The first kappa shape index (κ1) is 19.4. The highest BCUT2D eigenvalue weighted by Gasteiger charge is 2.26. The molecule has 31 heavy (non-hydrogen) atoms. The van der Waals surface area contributed by atoms with E-state index in [2.05, 4.69) is 20.2 Å². The minimum absolute atomic E-state index is 0.327. The molecule has 4 aromatic rings. The number of aromatic nitrogens is 4. The molecule has 1 fully saturated rings. The zero-order chi connectivity index (χ0) is 21.4. The molecule has 0 bridgehead atoms. The lowest BCUT2D eigenvalue weighted by molar-refractivity contribution is -0.642. The van der Waals surface area contributed by atoms with E-state index in [4.69, 9.17) is 0 Å². The summed E-state index contributed by atoms with van der Waals surface area (Å²) < 4.78 is 28.2. The second kappa shape index (κ2) is 7.63. The molecule has 156 valence electrons. The van der Waals surface area contributed by atoms with Gasteiger partial charge in [0.05, 0.1) is 10.6 Å². The van der Waals surface area contributed by atoms with Gasteiger partial charge in [-0.25, -0.2) is 8.42 Å². The van der Waals surface area contributed by atoms with Crippen molar-refractivity contribution < 1.29 is 13.1 Å². The lowest BCUT2D eigenvalue weighted by Crippen LogP contribution is -2.41. The summed E-state index contributed by atoms with van der Waals surface area (Å²) in [5.74, 6) is 0.879. The van der Waals surface area contributed by atoms with Gasteiger partial charge in [0.1, 0.15) is 6.33 Å². The molecule has 0 saturated heterocycles. The Morgan fingerprint density at radius 2 is 1.77 bits per heavy atom. The standard InChI is InChI=1S/C23H22N5O2S/c1-31(29,30)22-8-3-2-7-21(22)17-11-13-27(14-12-17)26-19-6-4-5-18(15-19)23-25-24-16-28(23)20-9-10-20/h2-8,11-16,20,26H,9-10H2,1H3/q+1. The summed E-state index contributed by atoms with van der Waals surface area (Å²) in [4.78, 5) is 0.327. The van der Waals surface area contributed by atoms with Crippen molar-refractivity contribution in [2.45, 2.75) is 23.8 Å². The number of nitrogens with zero attached hydrogens (tertiary/aromatic N) is 4. The number of anilines is 1. The molecule has 0 spiro atoms. The number of benzene rings is 2. The summed E-state index contributed by atoms with van der Waals surface area (Å²) >= 11 is 0. The van der Waals surface area contributed by atoms with Crippen LogP contribution in [0.15, 0.2) is 84.3 Å². The Bertz CT molecular complexity index is 1340. The van der Waals surface area contributed by atoms with Gasteiger partial charge in [-0.2, -0.15) is 5.43 Å². The highest BCUT2D eigenvalue weighted by atomic mass is 32.2. The summed E-state index contributed by atoms with van der Waals surface area (Å²) in [6.45, 7) is 0. The predicted molar refractivity (Wildman–Crippen MR) is 118 cm³/mol. The van der Waals surface area contributed by atoms with Gasteiger partial charge in [-0.3, -0.25) is 0 Å². The molecule has 0 unspecified atom stereocenters. The number of hydrogen-bond donors (Lipinski definition) is 1. The zero-order valence-corrected chi connectivity index (χ0v) is 17.8. The predicted octanol–water partition coefficient (Wildman–Crippen LogP) is 3.51. The molecule has 8 heteroatoms. The van der Waals surface area contributed by atoms with Crippen LogP contribution in [0, 0.1) is 0 Å². The maximum absolute atomic E-state index is 12.1. The van der Waals surface area contributed by atoms with Gasteiger partial charge < -0.3 is 4.57 Å². The molecule has 7 nitrogen and oxygen atoms in total. The third kappa shape index (κ3) is 4.06. The molecule has 0 radical (unpaired) electrons. The van der Waals surface area contributed by atoms with E-state index in [1.54, 1.807) is 18.5 Å². The Morgan fingerprint density at radius 3 is 2.52 bits per heavy atom. The first-order valence-electron chi connectivity index (χ1n) is 10.1. The molecule has 1 aliphatic rings. The molecular formula is C23H22N5O2S+. The van der Waals surface area contributed by atoms with E-state index in [0.717, 1.165) is 22.6 Å². The Hall–Kier alpha value is -3.52. The van der Waals surface area contributed by atoms with Crippen molar-refractivity contribution in [2.75, 3.05) is 11.7 Å². The van der Waals surface area contributed by atoms with Crippen LogP contribution in [-0.2, 0) is 9.84 Å². The molecule has 5 rings (SSSR count). The van der Waals surface area contributed by atoms with Crippen LogP contribution in [0.5, 0.6) is 0 Å². The van der Waals surface area contributed by atoms with Crippen LogP contribution in [0.4, 0.5) is 5.69 Å². The molecule has 2 heterocycles. The van der Waals surface area contributed by atoms with Crippen molar-refractivity contribution in [3.8, 4) is 22.5 Å². The molecule has 0 aliphatic heterocycles. The van der Waals surface area contributed by atoms with Crippen LogP contribution in [0.3, 0.4) is 0 Å². The van der Waals surface area contributed by atoms with Gasteiger partial charge in [0.25, 0.3) is 0 Å². The third-order valence-electron chi connectivity index (χ3n) is 5.32. The van der Waals surface area contributed by atoms with E-state index >= 15 is 0 Å². The van der Waals surface area contributed by atoms with Gasteiger partial charge in [0.15, 0.2) is 28.1 Å². The number of pyridine rings is 1. The van der Waals surface area contributed by atoms with Crippen LogP contribution in [0.25, 0.3) is 22.5 Å². The average molecular weight is 433 g/mol. The number of sulfone groups is 1. The maximum atomic E-state index is 12.1. The Balaban J connectivity index is 1.39. The topological polar surface area (TPSA) is 80.8 Å². The minimum atomic E-state index is -3.31. The van der Waals surface area contributed by atoms with Gasteiger partial charge in [-0.1, -0.05) is 35.0 Å². The normalized spacial score (nSPS) is 13.8. The number of hydrogen-bond acceptors (Lipinski definition) is 5. The average Bonchev–Trinajstić information content (AvgIpc) is 3.50. The Kier molecular flexibility index (Phi) is 4.78. The van der Waals surface area contributed by atoms with Crippen LogP contribution < -0.4 is 10.1 Å². The second-order valence-electron chi connectivity index (χ2n) is 7.75. The van der Waals surface area contributed by atoms with E-state index in [9.17, 15) is 8.42 Å². The lowest BCUT2D eigenvalue weighted by Gasteiger charge is -2.08. The van der Waals surface area contributed by atoms with Crippen molar-refractivity contribution >= 4 is 15.5 Å². The molecule has 0 amide bonds. The summed E-state index contributed by atoms with van der Waals surface area (Å²) in [6, 6.07) is 19.4. The number of rotatable bonds is 6. The van der Waals surface area contributed by atoms with Crippen LogP contribution in [0.2, 0.25) is 0 Å². The van der Waals surface area contributed by atoms with Crippen molar-refractivity contribution in [1.82, 2.24) is 14.8 Å². The van der Waals surface area contributed by atoms with Crippen LogP contribution in [0.1, 0.15) is 18.9 Å². The third-order valence-corrected chi connectivity index (χ3v) is 6.47. The molecule has 0 atom stereocenters. The summed E-state index contributed by atoms with van der Waals surface area (Å²) in [5.41, 5.74) is 6.79. The van der Waals surface area contributed by atoms with Crippen molar-refractivity contribution in [3.63, 3.8) is 0 Å². The first-order valence-corrected chi connectivity index (χ1v) is 12.0. The monoisotopic (exact) mass is 432 g/mol. The smallest absolute Gasteiger partial charge is 0.200 e. The highest BCUT2D eigenvalue weighted by molar-refractivity contribution is 7.90. The minimum Gasteiger partial charge on any atom is -0.310 e. The van der Waals surface area contributed by atoms with Gasteiger partial charge in [0.2, 0.25) is 0 Å². The van der Waals surface area contributed by atoms with Crippen molar-refractivity contribution in [3.05, 3.63) is 79.4 Å². The van der Waals surface area contributed by atoms with Gasteiger partial charge >= 0.3 is 0 Å². The highest BCUT2D eigenvalue weighted by Crippen LogP contribution is 2.37. The summed E-state index contributed by atoms with van der Waals surface area (Å²) in [6.07, 6.45) is 9.12. The van der Waals surface area contributed by atoms with Gasteiger partial charge in [0, 0.05) is 35.6 Å². The van der Waals surface area contributed by atoms with E-state index < -0.39 is 9.84 Å². The summed E-state index contributed by atoms with van der Waals surface area (Å²) in [7, 11) is -3.31. The number of nitrogens with one attached hydrogen (secondary N) is 1. The quantitative estimate of drug-likeness (QED) is 0.472. The molecule has 2 aromatic carbocycles. The molecule has 1 N–H and O–H groups in total. The van der Waals surface area contributed by atoms with E-state index in [-0.39, 0.29) is 0 Å². The molecular weight excluding hydrogens is 410 g/mol.